The molecule has 1 atom stereocenters. The van der Waals surface area contributed by atoms with Crippen molar-refractivity contribution < 1.29 is 13.5 Å². The molecule has 0 spiro atoms. The summed E-state index contributed by atoms with van der Waals surface area (Å²) in [6.07, 6.45) is 1.22. The molecule has 94 valence electrons. The van der Waals surface area contributed by atoms with Gasteiger partial charge in [0.1, 0.15) is 15.6 Å². The quantitative estimate of drug-likeness (QED) is 0.832. The average Bonchev–Trinajstić information content (AvgIpc) is 2.28. The summed E-state index contributed by atoms with van der Waals surface area (Å²) in [5.41, 5.74) is 6.99. The predicted molar refractivity (Wildman–Crippen MR) is 66.4 cm³/mol. The van der Waals surface area contributed by atoms with Gasteiger partial charge in [0.25, 0.3) is 0 Å². The average molecular weight is 255 g/mol. The van der Waals surface area contributed by atoms with Crippen molar-refractivity contribution in [2.45, 2.75) is 18.9 Å². The van der Waals surface area contributed by atoms with E-state index in [9.17, 15) is 13.5 Å². The minimum atomic E-state index is -2.84. The van der Waals surface area contributed by atoms with Crippen molar-refractivity contribution in [1.29, 1.82) is 0 Å². The van der Waals surface area contributed by atoms with Gasteiger partial charge in [-0.15, -0.1) is 0 Å². The number of rotatable bonds is 2. The molecule has 1 unspecified atom stereocenters. The van der Waals surface area contributed by atoms with Crippen LogP contribution in [0.15, 0.2) is 24.3 Å². The summed E-state index contributed by atoms with van der Waals surface area (Å²) < 4.78 is 22.7. The third-order valence-electron chi connectivity index (χ3n) is 3.36. The smallest absolute Gasteiger partial charge is 0.150 e. The molecule has 0 radical (unpaired) electrons. The van der Waals surface area contributed by atoms with Crippen molar-refractivity contribution in [3.63, 3.8) is 0 Å². The molecule has 5 heteroatoms. The third-order valence-corrected chi connectivity index (χ3v) is 5.08. The summed E-state index contributed by atoms with van der Waals surface area (Å²) >= 11 is 0. The number of phenolic OH excluding ortho intramolecular Hbond substituents is 1. The Labute approximate surface area is 101 Å². The molecule has 1 saturated heterocycles. The lowest BCUT2D eigenvalue weighted by molar-refractivity contribution is 0.390. The standard InChI is InChI=1S/C12H17NO3S/c13-12(10-2-1-3-11(14)8-10)9-4-6-17(15,16)7-5-9/h1-3,8-9,12,14H,4-7,13H2. The van der Waals surface area contributed by atoms with Crippen LogP contribution in [0, 0.1) is 5.92 Å². The van der Waals surface area contributed by atoms with Crippen LogP contribution in [-0.4, -0.2) is 25.0 Å². The monoisotopic (exact) mass is 255 g/mol. The Morgan fingerprint density at radius 3 is 2.53 bits per heavy atom. The van der Waals surface area contributed by atoms with E-state index in [1.165, 1.54) is 0 Å². The van der Waals surface area contributed by atoms with Gasteiger partial charge in [-0.1, -0.05) is 12.1 Å². The van der Waals surface area contributed by atoms with E-state index >= 15 is 0 Å². The Morgan fingerprint density at radius 2 is 1.94 bits per heavy atom. The molecule has 1 aromatic carbocycles. The van der Waals surface area contributed by atoms with E-state index in [2.05, 4.69) is 0 Å². The topological polar surface area (TPSA) is 80.4 Å². The highest BCUT2D eigenvalue weighted by atomic mass is 32.2. The second kappa shape index (κ2) is 4.66. The van der Waals surface area contributed by atoms with Crippen LogP contribution in [0.3, 0.4) is 0 Å². The van der Waals surface area contributed by atoms with E-state index in [4.69, 9.17) is 5.73 Å². The van der Waals surface area contributed by atoms with Crippen molar-refractivity contribution in [3.05, 3.63) is 29.8 Å². The predicted octanol–water partition coefficient (Wildman–Crippen LogP) is 1.22. The molecule has 0 amide bonds. The summed E-state index contributed by atoms with van der Waals surface area (Å²) in [5.74, 6) is 0.829. The molecular weight excluding hydrogens is 238 g/mol. The van der Waals surface area contributed by atoms with Gasteiger partial charge in [0.05, 0.1) is 11.5 Å². The maximum atomic E-state index is 11.3. The van der Waals surface area contributed by atoms with Gasteiger partial charge in [-0.2, -0.15) is 0 Å². The van der Waals surface area contributed by atoms with Gasteiger partial charge in [0, 0.05) is 6.04 Å². The summed E-state index contributed by atoms with van der Waals surface area (Å²) in [6.45, 7) is 0. The molecule has 0 bridgehead atoms. The van der Waals surface area contributed by atoms with Crippen LogP contribution in [0.2, 0.25) is 0 Å². The number of hydrogen-bond donors (Lipinski definition) is 2. The number of phenols is 1. The first kappa shape index (κ1) is 12.4. The van der Waals surface area contributed by atoms with Gasteiger partial charge >= 0.3 is 0 Å². The third kappa shape index (κ3) is 2.98. The van der Waals surface area contributed by atoms with E-state index in [1.807, 2.05) is 6.07 Å². The van der Waals surface area contributed by atoms with E-state index in [-0.39, 0.29) is 29.2 Å². The zero-order valence-electron chi connectivity index (χ0n) is 9.54. The Balaban J connectivity index is 2.09. The van der Waals surface area contributed by atoms with Crippen LogP contribution in [0.4, 0.5) is 0 Å². The fraction of sp³-hybridized carbons (Fsp3) is 0.500. The summed E-state index contributed by atoms with van der Waals surface area (Å²) in [4.78, 5) is 0. The molecule has 1 heterocycles. The zero-order chi connectivity index (χ0) is 12.5. The van der Waals surface area contributed by atoms with Gasteiger partial charge in [0.15, 0.2) is 0 Å². The molecule has 1 aliphatic rings. The highest BCUT2D eigenvalue weighted by Gasteiger charge is 2.28. The molecule has 1 fully saturated rings. The zero-order valence-corrected chi connectivity index (χ0v) is 10.4. The number of aromatic hydroxyl groups is 1. The SMILES string of the molecule is NC(c1cccc(O)c1)C1CCS(=O)(=O)CC1. The molecule has 1 aromatic rings. The second-order valence-corrected chi connectivity index (χ2v) is 6.91. The van der Waals surface area contributed by atoms with Crippen molar-refractivity contribution >= 4 is 9.84 Å². The molecule has 3 N–H and O–H groups in total. The first-order valence-corrected chi connectivity index (χ1v) is 7.55. The number of sulfone groups is 1. The Morgan fingerprint density at radius 1 is 1.29 bits per heavy atom. The summed E-state index contributed by atoms with van der Waals surface area (Å²) in [5, 5.41) is 9.39. The fourth-order valence-corrected chi connectivity index (χ4v) is 3.80. The van der Waals surface area contributed by atoms with Crippen molar-refractivity contribution in [2.75, 3.05) is 11.5 Å². The van der Waals surface area contributed by atoms with Gasteiger partial charge in [-0.25, -0.2) is 8.42 Å². The lowest BCUT2D eigenvalue weighted by Gasteiger charge is -2.27. The summed E-state index contributed by atoms with van der Waals surface area (Å²) in [6, 6.07) is 6.67. The Hall–Kier alpha value is -1.07. The summed E-state index contributed by atoms with van der Waals surface area (Å²) in [7, 11) is -2.84. The lowest BCUT2D eigenvalue weighted by atomic mass is 9.89. The second-order valence-electron chi connectivity index (χ2n) is 4.61. The Bertz CT molecular complexity index is 484. The number of nitrogens with two attached hydrogens (primary N) is 1. The van der Waals surface area contributed by atoms with E-state index in [1.54, 1.807) is 18.2 Å². The fourth-order valence-electron chi connectivity index (χ4n) is 2.27. The minimum absolute atomic E-state index is 0.181. The largest absolute Gasteiger partial charge is 0.508 e. The number of benzene rings is 1. The molecule has 4 nitrogen and oxygen atoms in total. The molecule has 0 saturated carbocycles. The van der Waals surface area contributed by atoms with Crippen LogP contribution in [0.5, 0.6) is 5.75 Å². The van der Waals surface area contributed by atoms with Crippen LogP contribution in [-0.2, 0) is 9.84 Å². The van der Waals surface area contributed by atoms with E-state index < -0.39 is 9.84 Å². The molecule has 17 heavy (non-hydrogen) atoms. The highest BCUT2D eigenvalue weighted by molar-refractivity contribution is 7.91. The van der Waals surface area contributed by atoms with Crippen LogP contribution >= 0.6 is 0 Å². The minimum Gasteiger partial charge on any atom is -0.508 e. The van der Waals surface area contributed by atoms with E-state index in [0.29, 0.717) is 12.8 Å². The maximum Gasteiger partial charge on any atom is 0.150 e. The normalized spacial score (nSPS) is 22.2. The molecular formula is C12H17NO3S. The molecule has 0 aromatic heterocycles. The maximum absolute atomic E-state index is 11.3. The van der Waals surface area contributed by atoms with Crippen LogP contribution in [0.25, 0.3) is 0 Å². The van der Waals surface area contributed by atoms with Crippen LogP contribution in [0.1, 0.15) is 24.4 Å². The first-order valence-electron chi connectivity index (χ1n) is 5.73. The van der Waals surface area contributed by atoms with Gasteiger partial charge in [-0.05, 0) is 36.5 Å². The highest BCUT2D eigenvalue weighted by Crippen LogP contribution is 2.30. The Kier molecular flexibility index (Phi) is 3.40. The first-order chi connectivity index (χ1) is 7.98. The van der Waals surface area contributed by atoms with E-state index in [0.717, 1.165) is 5.56 Å². The van der Waals surface area contributed by atoms with Gasteiger partial charge < -0.3 is 10.8 Å². The van der Waals surface area contributed by atoms with Crippen molar-refractivity contribution in [2.24, 2.45) is 11.7 Å². The van der Waals surface area contributed by atoms with Gasteiger partial charge in [0.2, 0.25) is 0 Å². The lowest BCUT2D eigenvalue weighted by Crippen LogP contribution is -2.30. The molecule has 0 aliphatic carbocycles. The number of hydrogen-bond acceptors (Lipinski definition) is 4. The molecule has 2 rings (SSSR count). The molecule has 1 aliphatic heterocycles. The van der Waals surface area contributed by atoms with Crippen molar-refractivity contribution in [3.8, 4) is 5.75 Å². The van der Waals surface area contributed by atoms with Gasteiger partial charge in [-0.3, -0.25) is 0 Å². The van der Waals surface area contributed by atoms with Crippen LogP contribution < -0.4 is 5.73 Å². The van der Waals surface area contributed by atoms with Crippen molar-refractivity contribution in [1.82, 2.24) is 0 Å².